The monoisotopic (exact) mass is 415 g/mol. The van der Waals surface area contributed by atoms with E-state index in [1.54, 1.807) is 48.6 Å². The SMILES string of the molecule is COc1cc(C=Cc2nc3ccccc3c(=O)n2-c2ccc([N+](=O)[O-])cc2)ccc1O. The minimum absolute atomic E-state index is 0.0197. The molecule has 0 spiro atoms. The second-order valence-corrected chi connectivity index (χ2v) is 6.67. The molecular formula is C23H17N3O5. The zero-order valence-corrected chi connectivity index (χ0v) is 16.4. The van der Waals surface area contributed by atoms with Gasteiger partial charge in [-0.25, -0.2) is 4.98 Å². The van der Waals surface area contributed by atoms with Crippen molar-refractivity contribution in [2.24, 2.45) is 0 Å². The van der Waals surface area contributed by atoms with Gasteiger partial charge in [-0.15, -0.1) is 0 Å². The summed E-state index contributed by atoms with van der Waals surface area (Å²) < 4.78 is 6.53. The van der Waals surface area contributed by atoms with Crippen LogP contribution in [0.3, 0.4) is 0 Å². The van der Waals surface area contributed by atoms with Gasteiger partial charge in [-0.2, -0.15) is 0 Å². The Bertz CT molecular complexity index is 1370. The van der Waals surface area contributed by atoms with E-state index in [1.807, 2.05) is 0 Å². The van der Waals surface area contributed by atoms with Crippen molar-refractivity contribution in [1.82, 2.24) is 9.55 Å². The van der Waals surface area contributed by atoms with Crippen LogP contribution in [0.4, 0.5) is 5.69 Å². The number of nitrogens with zero attached hydrogens (tertiary/aromatic N) is 3. The molecule has 0 saturated heterocycles. The molecule has 0 fully saturated rings. The minimum Gasteiger partial charge on any atom is -0.504 e. The van der Waals surface area contributed by atoms with E-state index in [9.17, 15) is 20.0 Å². The summed E-state index contributed by atoms with van der Waals surface area (Å²) in [5.41, 5.74) is 1.36. The molecule has 31 heavy (non-hydrogen) atoms. The normalized spacial score (nSPS) is 11.1. The van der Waals surface area contributed by atoms with Crippen LogP contribution in [0, 0.1) is 10.1 Å². The van der Waals surface area contributed by atoms with Gasteiger partial charge in [0.1, 0.15) is 5.82 Å². The highest BCUT2D eigenvalue weighted by atomic mass is 16.6. The van der Waals surface area contributed by atoms with E-state index >= 15 is 0 Å². The Morgan fingerprint density at radius 2 is 1.81 bits per heavy atom. The number of aromatic nitrogens is 2. The Labute approximate surface area is 176 Å². The fourth-order valence-electron chi connectivity index (χ4n) is 3.20. The van der Waals surface area contributed by atoms with E-state index in [-0.39, 0.29) is 17.0 Å². The maximum absolute atomic E-state index is 13.2. The number of ether oxygens (including phenoxy) is 1. The number of non-ortho nitro benzene ring substituents is 1. The quantitative estimate of drug-likeness (QED) is 0.387. The summed E-state index contributed by atoms with van der Waals surface area (Å²) in [7, 11) is 1.46. The third-order valence-corrected chi connectivity index (χ3v) is 4.75. The number of aromatic hydroxyl groups is 1. The van der Waals surface area contributed by atoms with Gasteiger partial charge in [0.25, 0.3) is 11.2 Å². The summed E-state index contributed by atoms with van der Waals surface area (Å²) in [6.45, 7) is 0. The van der Waals surface area contributed by atoms with Crippen LogP contribution in [-0.4, -0.2) is 26.7 Å². The molecule has 0 unspecified atom stereocenters. The Morgan fingerprint density at radius 3 is 2.52 bits per heavy atom. The molecule has 0 atom stereocenters. The predicted octanol–water partition coefficient (Wildman–Crippen LogP) is 4.18. The molecule has 0 aliphatic carbocycles. The molecule has 0 amide bonds. The summed E-state index contributed by atoms with van der Waals surface area (Å²) in [5, 5.41) is 21.2. The van der Waals surface area contributed by atoms with Gasteiger partial charge in [-0.3, -0.25) is 19.5 Å². The summed E-state index contributed by atoms with van der Waals surface area (Å²) in [4.78, 5) is 28.3. The van der Waals surface area contributed by atoms with Crippen LogP contribution in [0.2, 0.25) is 0 Å². The molecule has 0 aliphatic heterocycles. The lowest BCUT2D eigenvalue weighted by Gasteiger charge is -2.11. The van der Waals surface area contributed by atoms with E-state index < -0.39 is 4.92 Å². The standard InChI is InChI=1S/C23H17N3O5/c1-31-21-14-15(6-12-20(21)27)7-13-22-24-19-5-3-2-4-18(19)23(28)25(22)16-8-10-17(11-9-16)26(29)30/h2-14,27H,1H3. The second kappa shape index (κ2) is 8.11. The minimum atomic E-state index is -0.496. The van der Waals surface area contributed by atoms with Gasteiger partial charge in [0, 0.05) is 12.1 Å². The van der Waals surface area contributed by atoms with Gasteiger partial charge < -0.3 is 9.84 Å². The lowest BCUT2D eigenvalue weighted by Crippen LogP contribution is -2.22. The van der Waals surface area contributed by atoms with Crippen molar-refractivity contribution in [3.8, 4) is 17.2 Å². The van der Waals surface area contributed by atoms with E-state index in [0.29, 0.717) is 28.2 Å². The van der Waals surface area contributed by atoms with Crippen LogP contribution in [0.5, 0.6) is 11.5 Å². The number of phenolic OH excluding ortho intramolecular Hbond substituents is 1. The zero-order chi connectivity index (χ0) is 22.0. The van der Waals surface area contributed by atoms with E-state index in [2.05, 4.69) is 4.98 Å². The third-order valence-electron chi connectivity index (χ3n) is 4.75. The summed E-state index contributed by atoms with van der Waals surface area (Å²) in [6, 6.07) is 17.6. The Balaban J connectivity index is 1.88. The largest absolute Gasteiger partial charge is 0.504 e. The molecule has 0 radical (unpaired) electrons. The molecule has 4 rings (SSSR count). The number of benzene rings is 3. The first kappa shape index (κ1) is 19.8. The summed E-state index contributed by atoms with van der Waals surface area (Å²) in [6.07, 6.45) is 3.40. The van der Waals surface area contributed by atoms with Crippen molar-refractivity contribution < 1.29 is 14.8 Å². The number of para-hydroxylation sites is 1. The Kier molecular flexibility index (Phi) is 5.19. The fraction of sp³-hybridized carbons (Fsp3) is 0.0435. The highest BCUT2D eigenvalue weighted by Crippen LogP contribution is 2.27. The molecule has 0 saturated carbocycles. The van der Waals surface area contributed by atoms with Crippen LogP contribution >= 0.6 is 0 Å². The topological polar surface area (TPSA) is 107 Å². The van der Waals surface area contributed by atoms with E-state index in [0.717, 1.165) is 5.56 Å². The Hall–Kier alpha value is -4.46. The number of nitro groups is 1. The molecule has 1 heterocycles. The zero-order valence-electron chi connectivity index (χ0n) is 16.4. The first-order valence-corrected chi connectivity index (χ1v) is 9.29. The highest BCUT2D eigenvalue weighted by Gasteiger charge is 2.13. The van der Waals surface area contributed by atoms with Crippen molar-refractivity contribution in [2.45, 2.75) is 0 Å². The molecule has 0 bridgehead atoms. The maximum Gasteiger partial charge on any atom is 0.269 e. The summed E-state index contributed by atoms with van der Waals surface area (Å²) >= 11 is 0. The van der Waals surface area contributed by atoms with Crippen LogP contribution in [0.25, 0.3) is 28.7 Å². The maximum atomic E-state index is 13.2. The number of hydrogen-bond acceptors (Lipinski definition) is 6. The molecule has 3 aromatic carbocycles. The molecule has 1 aromatic heterocycles. The molecule has 8 nitrogen and oxygen atoms in total. The number of hydrogen-bond donors (Lipinski definition) is 1. The van der Waals surface area contributed by atoms with Crippen LogP contribution in [-0.2, 0) is 0 Å². The van der Waals surface area contributed by atoms with Gasteiger partial charge in [0.05, 0.1) is 28.6 Å². The van der Waals surface area contributed by atoms with Gasteiger partial charge in [-0.05, 0) is 48.0 Å². The van der Waals surface area contributed by atoms with Crippen LogP contribution < -0.4 is 10.3 Å². The second-order valence-electron chi connectivity index (χ2n) is 6.67. The number of nitro benzene ring substituents is 1. The first-order valence-electron chi connectivity index (χ1n) is 9.29. The number of fused-ring (bicyclic) bond motifs is 1. The summed E-state index contributed by atoms with van der Waals surface area (Å²) in [5.74, 6) is 0.692. The fourth-order valence-corrected chi connectivity index (χ4v) is 3.20. The van der Waals surface area contributed by atoms with Gasteiger partial charge in [0.2, 0.25) is 0 Å². The van der Waals surface area contributed by atoms with Crippen molar-refractivity contribution in [3.63, 3.8) is 0 Å². The van der Waals surface area contributed by atoms with Crippen molar-refractivity contribution in [2.75, 3.05) is 7.11 Å². The number of rotatable bonds is 5. The highest BCUT2D eigenvalue weighted by molar-refractivity contribution is 5.80. The van der Waals surface area contributed by atoms with Crippen molar-refractivity contribution in [1.29, 1.82) is 0 Å². The molecule has 4 aromatic rings. The lowest BCUT2D eigenvalue weighted by molar-refractivity contribution is -0.384. The van der Waals surface area contributed by atoms with E-state index in [1.165, 1.54) is 42.0 Å². The molecule has 0 aliphatic rings. The average Bonchev–Trinajstić information content (AvgIpc) is 2.78. The number of methoxy groups -OCH3 is 1. The van der Waals surface area contributed by atoms with Crippen molar-refractivity contribution >= 4 is 28.7 Å². The van der Waals surface area contributed by atoms with Crippen LogP contribution in [0.1, 0.15) is 11.4 Å². The van der Waals surface area contributed by atoms with Gasteiger partial charge >= 0.3 is 0 Å². The smallest absolute Gasteiger partial charge is 0.269 e. The molecule has 8 heteroatoms. The van der Waals surface area contributed by atoms with E-state index in [4.69, 9.17) is 4.74 Å². The Morgan fingerprint density at radius 1 is 1.06 bits per heavy atom. The number of phenols is 1. The van der Waals surface area contributed by atoms with Gasteiger partial charge in [-0.1, -0.05) is 24.3 Å². The lowest BCUT2D eigenvalue weighted by atomic mass is 10.1. The van der Waals surface area contributed by atoms with Crippen LogP contribution in [0.15, 0.2) is 71.5 Å². The average molecular weight is 415 g/mol. The molecular weight excluding hydrogens is 398 g/mol. The third kappa shape index (κ3) is 3.86. The molecule has 154 valence electrons. The first-order chi connectivity index (χ1) is 15.0. The van der Waals surface area contributed by atoms with Gasteiger partial charge in [0.15, 0.2) is 11.5 Å². The van der Waals surface area contributed by atoms with Crippen molar-refractivity contribution in [3.05, 3.63) is 98.6 Å². The predicted molar refractivity (Wildman–Crippen MR) is 118 cm³/mol. The molecule has 1 N–H and O–H groups in total.